The number of methoxy groups -OCH3 is 2. The van der Waals surface area contributed by atoms with Crippen LogP contribution in [0.2, 0.25) is 5.02 Å². The zero-order chi connectivity index (χ0) is 22.5. The third-order valence-electron chi connectivity index (χ3n) is 5.14. The van der Waals surface area contributed by atoms with Crippen molar-refractivity contribution in [2.75, 3.05) is 14.2 Å². The first-order chi connectivity index (χ1) is 14.8. The summed E-state index contributed by atoms with van der Waals surface area (Å²) in [5, 5.41) is 7.72. The fourth-order valence-electron chi connectivity index (χ4n) is 3.38. The average Bonchev–Trinajstić information content (AvgIpc) is 3.00. The van der Waals surface area contributed by atoms with Gasteiger partial charge in [-0.25, -0.2) is 4.39 Å². The molecule has 3 aromatic rings. The van der Waals surface area contributed by atoms with Gasteiger partial charge in [-0.3, -0.25) is 9.48 Å². The molecule has 164 valence electrons. The molecule has 0 spiro atoms. The highest BCUT2D eigenvalue weighted by atomic mass is 35.5. The second-order valence-electron chi connectivity index (χ2n) is 7.19. The SMILES string of the molecule is COc1ccc(Cn2nc(C)c(CC(=O)NCc3ccc(F)cc3Cl)c2C)cc1OC. The Kier molecular flexibility index (Phi) is 7.17. The average molecular weight is 446 g/mol. The summed E-state index contributed by atoms with van der Waals surface area (Å²) < 4.78 is 25.7. The van der Waals surface area contributed by atoms with Gasteiger partial charge in [-0.05, 0) is 49.2 Å². The molecule has 31 heavy (non-hydrogen) atoms. The maximum absolute atomic E-state index is 13.2. The molecular weight excluding hydrogens is 421 g/mol. The predicted molar refractivity (Wildman–Crippen MR) is 117 cm³/mol. The molecule has 0 saturated carbocycles. The number of amides is 1. The van der Waals surface area contributed by atoms with Crippen LogP contribution in [0.1, 0.15) is 28.1 Å². The van der Waals surface area contributed by atoms with Gasteiger partial charge in [-0.1, -0.05) is 23.7 Å². The summed E-state index contributed by atoms with van der Waals surface area (Å²) in [4.78, 5) is 12.5. The van der Waals surface area contributed by atoms with Crippen molar-refractivity contribution in [2.45, 2.75) is 33.4 Å². The molecule has 1 heterocycles. The van der Waals surface area contributed by atoms with Gasteiger partial charge in [0.25, 0.3) is 0 Å². The van der Waals surface area contributed by atoms with E-state index in [-0.39, 0.29) is 23.9 Å². The molecule has 8 heteroatoms. The number of hydrogen-bond donors (Lipinski definition) is 1. The van der Waals surface area contributed by atoms with Crippen LogP contribution in [0.3, 0.4) is 0 Å². The standard InChI is InChI=1S/C23H25ClFN3O3/c1-14-19(11-23(29)26-12-17-6-7-18(25)10-20(17)24)15(2)28(27-14)13-16-5-8-21(30-3)22(9-16)31-4/h5-10H,11-13H2,1-4H3,(H,26,29). The Balaban J connectivity index is 1.69. The number of halogens is 2. The minimum Gasteiger partial charge on any atom is -0.493 e. The molecule has 0 fully saturated rings. The molecule has 0 unspecified atom stereocenters. The number of ether oxygens (including phenoxy) is 2. The molecule has 0 aliphatic carbocycles. The normalized spacial score (nSPS) is 10.8. The van der Waals surface area contributed by atoms with Crippen LogP contribution in [0.25, 0.3) is 0 Å². The monoisotopic (exact) mass is 445 g/mol. The van der Waals surface area contributed by atoms with Gasteiger partial charge in [0, 0.05) is 22.8 Å². The van der Waals surface area contributed by atoms with E-state index in [1.807, 2.05) is 36.7 Å². The van der Waals surface area contributed by atoms with Crippen LogP contribution < -0.4 is 14.8 Å². The Hall–Kier alpha value is -3.06. The molecule has 3 rings (SSSR count). The molecule has 0 radical (unpaired) electrons. The number of aryl methyl sites for hydroxylation is 1. The van der Waals surface area contributed by atoms with E-state index in [4.69, 9.17) is 21.1 Å². The maximum atomic E-state index is 13.2. The minimum absolute atomic E-state index is 0.155. The number of hydrogen-bond acceptors (Lipinski definition) is 4. The lowest BCUT2D eigenvalue weighted by Gasteiger charge is -2.11. The fourth-order valence-corrected chi connectivity index (χ4v) is 3.61. The van der Waals surface area contributed by atoms with E-state index < -0.39 is 5.82 Å². The van der Waals surface area contributed by atoms with Gasteiger partial charge in [0.1, 0.15) is 5.82 Å². The minimum atomic E-state index is -0.409. The number of nitrogens with zero attached hydrogens (tertiary/aromatic N) is 2. The summed E-state index contributed by atoms with van der Waals surface area (Å²) in [6, 6.07) is 9.84. The fraction of sp³-hybridized carbons (Fsp3) is 0.304. The lowest BCUT2D eigenvalue weighted by Crippen LogP contribution is -2.25. The molecule has 0 aliphatic heterocycles. The first-order valence-corrected chi connectivity index (χ1v) is 10.1. The van der Waals surface area contributed by atoms with E-state index in [2.05, 4.69) is 10.4 Å². The molecular formula is C23H25ClFN3O3. The van der Waals surface area contributed by atoms with Crippen molar-refractivity contribution in [2.24, 2.45) is 0 Å². The van der Waals surface area contributed by atoms with Crippen molar-refractivity contribution in [1.82, 2.24) is 15.1 Å². The largest absolute Gasteiger partial charge is 0.493 e. The van der Waals surface area contributed by atoms with Crippen molar-refractivity contribution in [3.05, 3.63) is 75.3 Å². The van der Waals surface area contributed by atoms with E-state index in [1.54, 1.807) is 20.3 Å². The number of carbonyl (C=O) groups excluding carboxylic acids is 1. The van der Waals surface area contributed by atoms with Gasteiger partial charge in [-0.2, -0.15) is 5.10 Å². The maximum Gasteiger partial charge on any atom is 0.224 e. The van der Waals surface area contributed by atoms with Crippen molar-refractivity contribution in [1.29, 1.82) is 0 Å². The molecule has 1 N–H and O–H groups in total. The third kappa shape index (κ3) is 5.35. The van der Waals surface area contributed by atoms with E-state index >= 15 is 0 Å². The molecule has 0 atom stereocenters. The molecule has 0 saturated heterocycles. The van der Waals surface area contributed by atoms with Gasteiger partial charge < -0.3 is 14.8 Å². The van der Waals surface area contributed by atoms with E-state index in [9.17, 15) is 9.18 Å². The van der Waals surface area contributed by atoms with Crippen LogP contribution in [0.15, 0.2) is 36.4 Å². The zero-order valence-corrected chi connectivity index (χ0v) is 18.7. The summed E-state index contributed by atoms with van der Waals surface area (Å²) in [7, 11) is 3.20. The number of carbonyl (C=O) groups is 1. The van der Waals surface area contributed by atoms with Crippen molar-refractivity contribution < 1.29 is 18.7 Å². The molecule has 2 aromatic carbocycles. The summed E-state index contributed by atoms with van der Waals surface area (Å²) in [6.45, 7) is 4.60. The van der Waals surface area contributed by atoms with E-state index in [0.717, 1.165) is 22.5 Å². The highest BCUT2D eigenvalue weighted by molar-refractivity contribution is 6.31. The lowest BCUT2D eigenvalue weighted by molar-refractivity contribution is -0.120. The number of nitrogens with one attached hydrogen (secondary N) is 1. The van der Waals surface area contributed by atoms with Crippen LogP contribution in [0, 0.1) is 19.7 Å². The van der Waals surface area contributed by atoms with Gasteiger partial charge >= 0.3 is 0 Å². The second-order valence-corrected chi connectivity index (χ2v) is 7.59. The Morgan fingerprint density at radius 1 is 1.13 bits per heavy atom. The Morgan fingerprint density at radius 2 is 1.87 bits per heavy atom. The Morgan fingerprint density at radius 3 is 2.55 bits per heavy atom. The van der Waals surface area contributed by atoms with E-state index in [0.29, 0.717) is 23.6 Å². The van der Waals surface area contributed by atoms with Crippen LogP contribution in [0.4, 0.5) is 4.39 Å². The highest BCUT2D eigenvalue weighted by Crippen LogP contribution is 2.28. The molecule has 6 nitrogen and oxygen atoms in total. The number of aromatic nitrogens is 2. The van der Waals surface area contributed by atoms with Gasteiger partial charge in [-0.15, -0.1) is 0 Å². The van der Waals surface area contributed by atoms with Crippen LogP contribution in [0.5, 0.6) is 11.5 Å². The summed E-state index contributed by atoms with van der Waals surface area (Å²) in [6.07, 6.45) is 0.197. The first-order valence-electron chi connectivity index (χ1n) is 9.76. The quantitative estimate of drug-likeness (QED) is 0.564. The van der Waals surface area contributed by atoms with Crippen LogP contribution >= 0.6 is 11.6 Å². The van der Waals surface area contributed by atoms with Crippen LogP contribution in [-0.2, 0) is 24.3 Å². The molecule has 1 aromatic heterocycles. The predicted octanol–water partition coefficient (Wildman–Crippen LogP) is 4.22. The summed E-state index contributed by atoms with van der Waals surface area (Å²) in [5.41, 5.74) is 4.26. The zero-order valence-electron chi connectivity index (χ0n) is 18.0. The van der Waals surface area contributed by atoms with Gasteiger partial charge in [0.05, 0.1) is 32.9 Å². The third-order valence-corrected chi connectivity index (χ3v) is 5.49. The summed E-state index contributed by atoms with van der Waals surface area (Å²) in [5.74, 6) is 0.754. The number of benzene rings is 2. The second kappa shape index (κ2) is 9.83. The molecule has 1 amide bonds. The molecule has 0 aliphatic rings. The van der Waals surface area contributed by atoms with Crippen molar-refractivity contribution in [3.8, 4) is 11.5 Å². The molecule has 0 bridgehead atoms. The van der Waals surface area contributed by atoms with E-state index in [1.165, 1.54) is 12.1 Å². The first kappa shape index (κ1) is 22.6. The highest BCUT2D eigenvalue weighted by Gasteiger charge is 2.16. The lowest BCUT2D eigenvalue weighted by atomic mass is 10.1. The van der Waals surface area contributed by atoms with Gasteiger partial charge in [0.15, 0.2) is 11.5 Å². The van der Waals surface area contributed by atoms with Crippen molar-refractivity contribution >= 4 is 17.5 Å². The topological polar surface area (TPSA) is 65.4 Å². The smallest absolute Gasteiger partial charge is 0.224 e. The van der Waals surface area contributed by atoms with Gasteiger partial charge in [0.2, 0.25) is 5.91 Å². The Bertz CT molecular complexity index is 1100. The number of rotatable bonds is 8. The van der Waals surface area contributed by atoms with Crippen molar-refractivity contribution in [3.63, 3.8) is 0 Å². The summed E-state index contributed by atoms with van der Waals surface area (Å²) >= 11 is 6.02. The Labute approximate surface area is 185 Å². The van der Waals surface area contributed by atoms with Crippen LogP contribution in [-0.4, -0.2) is 29.9 Å².